The van der Waals surface area contributed by atoms with Crippen molar-refractivity contribution in [1.82, 2.24) is 25.3 Å². The maximum Gasteiger partial charge on any atom is 0.258 e. The highest BCUT2D eigenvalue weighted by atomic mass is 16.5. The number of nitrogens with one attached hydrogen (secondary N) is 1. The van der Waals surface area contributed by atoms with E-state index in [1.807, 2.05) is 13.0 Å². The number of rotatable bonds is 4. The quantitative estimate of drug-likeness (QED) is 0.611. The number of aryl methyl sites for hydroxylation is 4. The SMILES string of the molecule is Cc1noc2nc3c(c(-c4n[nH]c(CCc5ccccc5)n4)c12)CCC3. The van der Waals surface area contributed by atoms with Gasteiger partial charge in [-0.05, 0) is 43.7 Å². The van der Waals surface area contributed by atoms with Crippen LogP contribution >= 0.6 is 0 Å². The van der Waals surface area contributed by atoms with Crippen molar-refractivity contribution in [2.24, 2.45) is 0 Å². The molecule has 1 N–H and O–H groups in total. The van der Waals surface area contributed by atoms with Gasteiger partial charge < -0.3 is 4.52 Å². The zero-order valence-electron chi connectivity index (χ0n) is 14.6. The lowest BCUT2D eigenvalue weighted by molar-refractivity contribution is 0.442. The minimum atomic E-state index is 0.591. The Hall–Kier alpha value is -3.02. The lowest BCUT2D eigenvalue weighted by Crippen LogP contribution is -1.96. The van der Waals surface area contributed by atoms with E-state index in [0.29, 0.717) is 5.71 Å². The van der Waals surface area contributed by atoms with Crippen LogP contribution in [0.15, 0.2) is 34.9 Å². The fourth-order valence-corrected chi connectivity index (χ4v) is 3.79. The fraction of sp³-hybridized carbons (Fsp3) is 0.300. The second kappa shape index (κ2) is 6.05. The van der Waals surface area contributed by atoms with Crippen LogP contribution in [-0.2, 0) is 25.7 Å². The van der Waals surface area contributed by atoms with Gasteiger partial charge in [0.25, 0.3) is 5.71 Å². The van der Waals surface area contributed by atoms with Gasteiger partial charge in [-0.25, -0.2) is 9.97 Å². The highest BCUT2D eigenvalue weighted by Gasteiger charge is 2.26. The average molecular weight is 345 g/mol. The highest BCUT2D eigenvalue weighted by molar-refractivity contribution is 5.94. The summed E-state index contributed by atoms with van der Waals surface area (Å²) < 4.78 is 5.42. The maximum atomic E-state index is 5.42. The van der Waals surface area contributed by atoms with Crippen LogP contribution in [0.4, 0.5) is 0 Å². The molecule has 0 amide bonds. The summed E-state index contributed by atoms with van der Waals surface area (Å²) in [6.45, 7) is 1.95. The van der Waals surface area contributed by atoms with Crippen molar-refractivity contribution >= 4 is 11.1 Å². The molecule has 1 aliphatic carbocycles. The number of pyridine rings is 1. The van der Waals surface area contributed by atoms with Gasteiger partial charge in [-0.3, -0.25) is 5.10 Å². The molecule has 5 rings (SSSR count). The van der Waals surface area contributed by atoms with Crippen LogP contribution < -0.4 is 0 Å². The number of benzene rings is 1. The Balaban J connectivity index is 1.53. The summed E-state index contributed by atoms with van der Waals surface area (Å²) in [6.07, 6.45) is 4.86. The molecule has 0 fully saturated rings. The summed E-state index contributed by atoms with van der Waals surface area (Å²) in [7, 11) is 0. The topological polar surface area (TPSA) is 80.5 Å². The molecular weight excluding hydrogens is 326 g/mol. The van der Waals surface area contributed by atoms with Gasteiger partial charge >= 0.3 is 0 Å². The summed E-state index contributed by atoms with van der Waals surface area (Å²) >= 11 is 0. The first-order valence-electron chi connectivity index (χ1n) is 9.03. The molecule has 6 nitrogen and oxygen atoms in total. The first-order chi connectivity index (χ1) is 12.8. The highest BCUT2D eigenvalue weighted by Crippen LogP contribution is 2.37. The molecule has 0 saturated carbocycles. The Kier molecular flexibility index (Phi) is 3.55. The number of aromatic nitrogens is 5. The van der Waals surface area contributed by atoms with Gasteiger partial charge in [0.1, 0.15) is 5.82 Å². The van der Waals surface area contributed by atoms with Gasteiger partial charge in [-0.1, -0.05) is 35.5 Å². The van der Waals surface area contributed by atoms with Gasteiger partial charge in [0.05, 0.1) is 11.1 Å². The third-order valence-corrected chi connectivity index (χ3v) is 5.07. The van der Waals surface area contributed by atoms with Gasteiger partial charge in [0, 0.05) is 17.7 Å². The van der Waals surface area contributed by atoms with Crippen LogP contribution in [0.5, 0.6) is 0 Å². The zero-order valence-corrected chi connectivity index (χ0v) is 14.6. The summed E-state index contributed by atoms with van der Waals surface area (Å²) in [5.74, 6) is 1.62. The molecule has 1 aromatic carbocycles. The molecule has 0 radical (unpaired) electrons. The van der Waals surface area contributed by atoms with Crippen molar-refractivity contribution in [1.29, 1.82) is 0 Å². The second-order valence-corrected chi connectivity index (χ2v) is 6.81. The molecule has 0 spiro atoms. The van der Waals surface area contributed by atoms with Gasteiger partial charge in [-0.15, -0.1) is 0 Å². The Labute approximate surface area is 150 Å². The third kappa shape index (κ3) is 2.49. The minimum absolute atomic E-state index is 0.591. The predicted octanol–water partition coefficient (Wildman–Crippen LogP) is 3.59. The van der Waals surface area contributed by atoms with Crippen molar-refractivity contribution in [2.45, 2.75) is 39.0 Å². The third-order valence-electron chi connectivity index (χ3n) is 5.07. The lowest BCUT2D eigenvalue weighted by atomic mass is 10.0. The van der Waals surface area contributed by atoms with E-state index in [1.54, 1.807) is 0 Å². The van der Waals surface area contributed by atoms with Crippen molar-refractivity contribution in [3.63, 3.8) is 0 Å². The maximum absolute atomic E-state index is 5.42. The smallest absolute Gasteiger partial charge is 0.258 e. The molecule has 0 atom stereocenters. The van der Waals surface area contributed by atoms with Crippen molar-refractivity contribution in [3.8, 4) is 11.4 Å². The van der Waals surface area contributed by atoms with Gasteiger partial charge in [0.2, 0.25) is 0 Å². The lowest BCUT2D eigenvalue weighted by Gasteiger charge is -2.06. The molecule has 0 bridgehead atoms. The first kappa shape index (κ1) is 15.3. The van der Waals surface area contributed by atoms with Crippen LogP contribution in [0.25, 0.3) is 22.5 Å². The van der Waals surface area contributed by atoms with Gasteiger partial charge in [-0.2, -0.15) is 5.10 Å². The van der Waals surface area contributed by atoms with E-state index in [9.17, 15) is 0 Å². The molecular formula is C20H19N5O. The monoisotopic (exact) mass is 345 g/mol. The van der Waals surface area contributed by atoms with Crippen LogP contribution in [-0.4, -0.2) is 25.3 Å². The molecule has 3 heterocycles. The molecule has 0 unspecified atom stereocenters. The van der Waals surface area contributed by atoms with E-state index < -0.39 is 0 Å². The predicted molar refractivity (Wildman–Crippen MR) is 97.8 cm³/mol. The fourth-order valence-electron chi connectivity index (χ4n) is 3.79. The largest absolute Gasteiger partial charge is 0.336 e. The van der Waals surface area contributed by atoms with Crippen LogP contribution in [0.3, 0.4) is 0 Å². The molecule has 26 heavy (non-hydrogen) atoms. The number of hydrogen-bond acceptors (Lipinski definition) is 5. The number of hydrogen-bond donors (Lipinski definition) is 1. The summed E-state index contributed by atoms with van der Waals surface area (Å²) in [5.41, 5.74) is 6.12. The first-order valence-corrected chi connectivity index (χ1v) is 9.03. The molecule has 0 saturated heterocycles. The Morgan fingerprint density at radius 1 is 1.08 bits per heavy atom. The Morgan fingerprint density at radius 3 is 2.85 bits per heavy atom. The molecule has 6 heteroatoms. The van der Waals surface area contributed by atoms with Crippen molar-refractivity contribution in [3.05, 3.63) is 58.7 Å². The van der Waals surface area contributed by atoms with Crippen LogP contribution in [0, 0.1) is 6.92 Å². The summed E-state index contributed by atoms with van der Waals surface area (Å²) in [4.78, 5) is 9.43. The molecule has 130 valence electrons. The van der Waals surface area contributed by atoms with Crippen molar-refractivity contribution in [2.75, 3.05) is 0 Å². The Bertz CT molecular complexity index is 1080. The van der Waals surface area contributed by atoms with E-state index >= 15 is 0 Å². The van der Waals surface area contributed by atoms with E-state index in [4.69, 9.17) is 9.51 Å². The number of fused-ring (bicyclic) bond motifs is 2. The molecule has 1 aliphatic rings. The average Bonchev–Trinajstić information content (AvgIpc) is 3.40. The normalized spacial score (nSPS) is 13.4. The van der Waals surface area contributed by atoms with E-state index in [-0.39, 0.29) is 0 Å². The van der Waals surface area contributed by atoms with Gasteiger partial charge in [0.15, 0.2) is 5.82 Å². The second-order valence-electron chi connectivity index (χ2n) is 6.81. The van der Waals surface area contributed by atoms with Crippen LogP contribution in [0.2, 0.25) is 0 Å². The Morgan fingerprint density at radius 2 is 1.96 bits per heavy atom. The molecule has 3 aromatic heterocycles. The number of nitrogens with zero attached hydrogens (tertiary/aromatic N) is 4. The van der Waals surface area contributed by atoms with Crippen LogP contribution in [0.1, 0.15) is 34.8 Å². The minimum Gasteiger partial charge on any atom is -0.336 e. The molecule has 0 aliphatic heterocycles. The summed E-state index contributed by atoms with van der Waals surface area (Å²) in [6, 6.07) is 10.4. The van der Waals surface area contributed by atoms with E-state index in [1.165, 1.54) is 11.1 Å². The number of H-pyrrole nitrogens is 1. The van der Waals surface area contributed by atoms with Crippen molar-refractivity contribution < 1.29 is 4.52 Å². The number of aromatic amines is 1. The van der Waals surface area contributed by atoms with E-state index in [2.05, 4.69) is 44.6 Å². The standard InChI is InChI=1S/C20H19N5O/c1-12-17-18(14-8-5-9-15(14)21-20(17)26-25-12)19-22-16(23-24-19)11-10-13-6-3-2-4-7-13/h2-4,6-7H,5,8-11H2,1H3,(H,22,23,24). The van der Waals surface area contributed by atoms with E-state index in [0.717, 1.165) is 66.1 Å². The molecule has 4 aromatic rings. The zero-order chi connectivity index (χ0) is 17.5. The summed E-state index contributed by atoms with van der Waals surface area (Å²) in [5, 5.41) is 12.7.